The van der Waals surface area contributed by atoms with Crippen molar-refractivity contribution >= 4 is 38.8 Å². The molecule has 6 nitrogen and oxygen atoms in total. The Morgan fingerprint density at radius 1 is 1.02 bits per heavy atom. The number of hydrogen-bond donors (Lipinski definition) is 0. The number of fused-ring (bicyclic) bond motifs is 1. The molecule has 0 radical (unpaired) electrons. The van der Waals surface area contributed by atoms with Gasteiger partial charge in [-0.1, -0.05) is 24.3 Å². The molecule has 41 heavy (non-hydrogen) atoms. The average Bonchev–Trinajstić information content (AvgIpc) is 3.33. The quantitative estimate of drug-likeness (QED) is 0.219. The molecule has 212 valence electrons. The molecule has 1 aliphatic carbocycles. The fraction of sp³-hybridized carbons (Fsp3) is 0.172. The van der Waals surface area contributed by atoms with E-state index in [9.17, 15) is 35.6 Å². The van der Waals surface area contributed by atoms with Crippen LogP contribution in [-0.4, -0.2) is 50.1 Å². The van der Waals surface area contributed by atoms with E-state index >= 15 is 0 Å². The highest BCUT2D eigenvalue weighted by Gasteiger charge is 2.49. The summed E-state index contributed by atoms with van der Waals surface area (Å²) in [5.74, 6) is -1.58. The highest BCUT2D eigenvalue weighted by atomic mass is 32.2. The van der Waals surface area contributed by atoms with Crippen molar-refractivity contribution in [2.24, 2.45) is 0 Å². The van der Waals surface area contributed by atoms with Crippen molar-refractivity contribution in [3.63, 3.8) is 0 Å². The molecule has 2 heterocycles. The Labute approximate surface area is 236 Å². The summed E-state index contributed by atoms with van der Waals surface area (Å²) in [6.07, 6.45) is 7.59. The molecule has 0 spiro atoms. The number of ketones is 2. The number of allylic oxidation sites excluding steroid dienone is 3. The van der Waals surface area contributed by atoms with Crippen LogP contribution in [0.1, 0.15) is 37.6 Å². The standard InChI is InChI=1S/C29H21F4NO5S2/c30-20-8-4-19(5-9-20)28-26(25-23(35)16-22(17-24(25)40-28)41(37,38)29(31,32)33)27(36)18-6-10-21(11-7-18)39-15-14-34-12-2-1-3-13-34/h1-12,17H,13-16H2. The van der Waals surface area contributed by atoms with E-state index in [2.05, 4.69) is 4.90 Å². The van der Waals surface area contributed by atoms with Gasteiger partial charge in [-0.25, -0.2) is 12.8 Å². The van der Waals surface area contributed by atoms with Crippen molar-refractivity contribution in [2.45, 2.75) is 11.9 Å². The van der Waals surface area contributed by atoms with Crippen LogP contribution in [0.2, 0.25) is 0 Å². The first-order valence-electron chi connectivity index (χ1n) is 12.3. The summed E-state index contributed by atoms with van der Waals surface area (Å²) in [5.41, 5.74) is -5.31. The number of sulfone groups is 1. The lowest BCUT2D eigenvalue weighted by Crippen LogP contribution is -2.27. The molecule has 12 heteroatoms. The molecular formula is C29H21F4NO5S2. The highest BCUT2D eigenvalue weighted by Crippen LogP contribution is 2.44. The molecule has 5 rings (SSSR count). The molecular weight excluding hydrogens is 582 g/mol. The van der Waals surface area contributed by atoms with Crippen LogP contribution in [0.4, 0.5) is 17.6 Å². The number of thiophene rings is 1. The second-order valence-corrected chi connectivity index (χ2v) is 12.2. The van der Waals surface area contributed by atoms with Crippen LogP contribution in [-0.2, 0) is 9.84 Å². The van der Waals surface area contributed by atoms with Crippen LogP contribution >= 0.6 is 11.3 Å². The van der Waals surface area contributed by atoms with Crippen molar-refractivity contribution < 1.29 is 40.3 Å². The van der Waals surface area contributed by atoms with Crippen LogP contribution < -0.4 is 4.74 Å². The lowest BCUT2D eigenvalue weighted by Gasteiger charge is -2.20. The van der Waals surface area contributed by atoms with Gasteiger partial charge in [0.05, 0.1) is 17.0 Å². The highest BCUT2D eigenvalue weighted by molar-refractivity contribution is 7.96. The monoisotopic (exact) mass is 603 g/mol. The van der Waals surface area contributed by atoms with E-state index in [0.717, 1.165) is 36.1 Å². The molecule has 0 fully saturated rings. The molecule has 1 aliphatic heterocycles. The molecule has 0 N–H and O–H groups in total. The van der Waals surface area contributed by atoms with Gasteiger partial charge in [0.25, 0.3) is 9.84 Å². The lowest BCUT2D eigenvalue weighted by molar-refractivity contribution is -0.0426. The Morgan fingerprint density at radius 2 is 1.73 bits per heavy atom. The zero-order valence-electron chi connectivity index (χ0n) is 21.2. The maximum absolute atomic E-state index is 13.8. The van der Waals surface area contributed by atoms with E-state index in [1.165, 1.54) is 24.3 Å². The molecule has 1 aromatic heterocycles. The second kappa shape index (κ2) is 11.1. The van der Waals surface area contributed by atoms with Crippen molar-refractivity contribution in [1.29, 1.82) is 0 Å². The molecule has 0 saturated carbocycles. The Bertz CT molecular complexity index is 1700. The Balaban J connectivity index is 1.49. The van der Waals surface area contributed by atoms with E-state index in [1.54, 1.807) is 12.1 Å². The maximum Gasteiger partial charge on any atom is 0.501 e. The number of alkyl halides is 3. The summed E-state index contributed by atoms with van der Waals surface area (Å²) in [6, 6.07) is 11.2. The fourth-order valence-electron chi connectivity index (χ4n) is 4.41. The minimum absolute atomic E-state index is 0.0834. The van der Waals surface area contributed by atoms with E-state index in [4.69, 9.17) is 4.74 Å². The van der Waals surface area contributed by atoms with E-state index in [-0.39, 0.29) is 26.4 Å². The molecule has 0 atom stereocenters. The van der Waals surface area contributed by atoms with Gasteiger partial charge in [-0.15, -0.1) is 11.3 Å². The van der Waals surface area contributed by atoms with Crippen LogP contribution in [0, 0.1) is 5.82 Å². The summed E-state index contributed by atoms with van der Waals surface area (Å²) in [5, 5.41) is 0. The van der Waals surface area contributed by atoms with Crippen LogP contribution in [0.15, 0.2) is 77.9 Å². The smallest absolute Gasteiger partial charge is 0.492 e. The van der Waals surface area contributed by atoms with Crippen LogP contribution in [0.5, 0.6) is 5.75 Å². The van der Waals surface area contributed by atoms with Gasteiger partial charge < -0.3 is 9.64 Å². The van der Waals surface area contributed by atoms with Gasteiger partial charge >= 0.3 is 5.51 Å². The van der Waals surface area contributed by atoms with Gasteiger partial charge in [-0.3, -0.25) is 9.59 Å². The molecule has 0 amide bonds. The van der Waals surface area contributed by atoms with Gasteiger partial charge in [0.2, 0.25) is 0 Å². The average molecular weight is 604 g/mol. The number of halogens is 4. The largest absolute Gasteiger partial charge is 0.501 e. The zero-order valence-corrected chi connectivity index (χ0v) is 22.8. The Hall–Kier alpha value is -4.03. The number of carbonyl (C=O) groups excluding carboxylic acids is 2. The van der Waals surface area contributed by atoms with Crippen molar-refractivity contribution in [1.82, 2.24) is 4.90 Å². The first kappa shape index (κ1) is 28.5. The first-order chi connectivity index (χ1) is 19.5. The Morgan fingerprint density at radius 3 is 2.37 bits per heavy atom. The summed E-state index contributed by atoms with van der Waals surface area (Å²) >= 11 is 0.794. The molecule has 2 aliphatic rings. The number of carbonyl (C=O) groups is 2. The summed E-state index contributed by atoms with van der Waals surface area (Å²) < 4.78 is 83.1. The number of benzene rings is 2. The topological polar surface area (TPSA) is 80.8 Å². The number of nitrogens with zero attached hydrogens (tertiary/aromatic N) is 1. The third-order valence-electron chi connectivity index (χ3n) is 6.47. The van der Waals surface area contributed by atoms with Gasteiger partial charge in [0.15, 0.2) is 11.6 Å². The number of ether oxygens (including phenoxy) is 1. The van der Waals surface area contributed by atoms with Crippen molar-refractivity contribution in [3.8, 4) is 16.2 Å². The minimum Gasteiger partial charge on any atom is -0.492 e. The van der Waals surface area contributed by atoms with Crippen molar-refractivity contribution in [3.05, 3.63) is 105 Å². The fourth-order valence-corrected chi connectivity index (χ4v) is 6.67. The van der Waals surface area contributed by atoms with E-state index in [1.807, 2.05) is 24.4 Å². The molecule has 0 saturated heterocycles. The van der Waals surface area contributed by atoms with E-state index < -0.39 is 44.1 Å². The number of Topliss-reactive ketones (excluding diaryl/α,β-unsaturated/α-hetero) is 1. The third kappa shape index (κ3) is 5.75. The SMILES string of the molecule is O=C1CC(S(=O)(=O)C(F)(F)F)=Cc2sc(-c3ccc(F)cc3)c(C(=O)c3ccc(OCCN4C=CC=CC4)cc3)c21. The van der Waals surface area contributed by atoms with E-state index in [0.29, 0.717) is 24.5 Å². The molecule has 2 aromatic carbocycles. The predicted octanol–water partition coefficient (Wildman–Crippen LogP) is 6.41. The molecule has 3 aromatic rings. The number of rotatable bonds is 8. The maximum atomic E-state index is 13.8. The van der Waals surface area contributed by atoms with Gasteiger partial charge in [-0.2, -0.15) is 13.2 Å². The lowest BCUT2D eigenvalue weighted by atomic mass is 9.91. The summed E-state index contributed by atoms with van der Waals surface area (Å²) in [6.45, 7) is 1.81. The first-order valence-corrected chi connectivity index (χ1v) is 14.6. The predicted molar refractivity (Wildman–Crippen MR) is 147 cm³/mol. The van der Waals surface area contributed by atoms with Gasteiger partial charge in [0, 0.05) is 33.8 Å². The third-order valence-corrected chi connectivity index (χ3v) is 9.22. The minimum atomic E-state index is -5.75. The molecule has 0 unspecified atom stereocenters. The van der Waals surface area contributed by atoms with Gasteiger partial charge in [-0.05, 0) is 60.3 Å². The Kier molecular flexibility index (Phi) is 7.71. The van der Waals surface area contributed by atoms with Crippen LogP contribution in [0.25, 0.3) is 16.5 Å². The number of hydrogen-bond acceptors (Lipinski definition) is 7. The second-order valence-electron chi connectivity index (χ2n) is 9.18. The summed E-state index contributed by atoms with van der Waals surface area (Å²) in [4.78, 5) is 28.0. The van der Waals surface area contributed by atoms with Gasteiger partial charge in [0.1, 0.15) is 18.2 Å². The van der Waals surface area contributed by atoms with Crippen molar-refractivity contribution in [2.75, 3.05) is 19.7 Å². The van der Waals surface area contributed by atoms with Crippen LogP contribution in [0.3, 0.4) is 0 Å². The normalized spacial score (nSPS) is 15.1. The zero-order chi connectivity index (χ0) is 29.4. The summed E-state index contributed by atoms with van der Waals surface area (Å²) in [7, 11) is -5.75. The molecule has 0 bridgehead atoms.